The molecule has 0 bridgehead atoms. The van der Waals surface area contributed by atoms with E-state index < -0.39 is 28.9 Å². The molecule has 1 aromatic heterocycles. The molecule has 21 heavy (non-hydrogen) atoms. The number of nitrogens with zero attached hydrogens (tertiary/aromatic N) is 1. The number of carbonyl (C=O) groups is 1. The normalized spacial score (nSPS) is 16.4. The maximum absolute atomic E-state index is 14.0. The maximum Gasteiger partial charge on any atom is 0.178 e. The van der Waals surface area contributed by atoms with Gasteiger partial charge in [-0.25, -0.2) is 13.8 Å². The lowest BCUT2D eigenvalue weighted by Crippen LogP contribution is -2.18. The lowest BCUT2D eigenvalue weighted by atomic mass is 9.92. The van der Waals surface area contributed by atoms with E-state index in [0.29, 0.717) is 11.4 Å². The molecule has 0 aliphatic carbocycles. The first-order valence-electron chi connectivity index (χ1n) is 6.47. The highest BCUT2D eigenvalue weighted by atomic mass is 19.1. The third-order valence-corrected chi connectivity index (χ3v) is 3.59. The molecular weight excluding hydrogens is 276 g/mol. The van der Waals surface area contributed by atoms with Gasteiger partial charge in [-0.05, 0) is 24.6 Å². The number of benzene rings is 1. The molecule has 1 atom stereocenters. The van der Waals surface area contributed by atoms with Gasteiger partial charge in [-0.2, -0.15) is 0 Å². The smallest absolute Gasteiger partial charge is 0.178 e. The Morgan fingerprint density at radius 1 is 1.43 bits per heavy atom. The van der Waals surface area contributed by atoms with E-state index in [2.05, 4.69) is 10.3 Å². The molecule has 1 unspecified atom stereocenters. The van der Waals surface area contributed by atoms with Gasteiger partial charge in [-0.15, -0.1) is 0 Å². The molecule has 3 rings (SSSR count). The summed E-state index contributed by atoms with van der Waals surface area (Å²) in [4.78, 5) is 16.7. The fourth-order valence-electron chi connectivity index (χ4n) is 2.52. The Morgan fingerprint density at radius 3 is 2.95 bits per heavy atom. The summed E-state index contributed by atoms with van der Waals surface area (Å²) in [6, 6.07) is 3.91. The minimum atomic E-state index is -1.01. The van der Waals surface area contributed by atoms with Gasteiger partial charge in [0.25, 0.3) is 0 Å². The summed E-state index contributed by atoms with van der Waals surface area (Å²) in [5, 5.41) is 2.97. The van der Waals surface area contributed by atoms with E-state index >= 15 is 0 Å². The van der Waals surface area contributed by atoms with E-state index in [4.69, 9.17) is 5.73 Å². The van der Waals surface area contributed by atoms with Crippen LogP contribution in [0.2, 0.25) is 0 Å². The van der Waals surface area contributed by atoms with Crippen LogP contribution in [0, 0.1) is 18.6 Å². The number of nitrogens with one attached hydrogen (secondary N) is 1. The number of aromatic nitrogens is 1. The molecule has 1 aliphatic rings. The minimum absolute atomic E-state index is 0.242. The zero-order chi connectivity index (χ0) is 15.1. The molecule has 1 aliphatic heterocycles. The first kappa shape index (κ1) is 13.5. The van der Waals surface area contributed by atoms with E-state index in [1.54, 1.807) is 12.3 Å². The van der Waals surface area contributed by atoms with Crippen LogP contribution in [0.1, 0.15) is 27.4 Å². The number of rotatable bonds is 2. The number of hydrogen-bond acceptors (Lipinski definition) is 4. The Hall–Kier alpha value is -2.50. The van der Waals surface area contributed by atoms with Crippen LogP contribution in [0.3, 0.4) is 0 Å². The van der Waals surface area contributed by atoms with Crippen LogP contribution in [0.4, 0.5) is 20.3 Å². The van der Waals surface area contributed by atoms with Crippen molar-refractivity contribution in [2.24, 2.45) is 0 Å². The largest absolute Gasteiger partial charge is 0.396 e. The molecule has 0 fully saturated rings. The van der Waals surface area contributed by atoms with Gasteiger partial charge in [-0.3, -0.25) is 4.79 Å². The second-order valence-corrected chi connectivity index (χ2v) is 5.07. The lowest BCUT2D eigenvalue weighted by molar-refractivity contribution is 0.0958. The minimum Gasteiger partial charge on any atom is -0.396 e. The standard InChI is InChI=1S/C15H13F2N3O/c1-7-4-8-9(6-20-15(8)19-5-7)14(21)12-10(16)2-3-11(18)13(12)17/h2-5,9H,6,18H2,1H3,(H,19,20). The highest BCUT2D eigenvalue weighted by molar-refractivity contribution is 6.03. The highest BCUT2D eigenvalue weighted by Gasteiger charge is 2.33. The van der Waals surface area contributed by atoms with Crippen molar-refractivity contribution in [3.05, 3.63) is 52.7 Å². The molecule has 3 N–H and O–H groups in total. The first-order valence-corrected chi connectivity index (χ1v) is 6.47. The number of Topliss-reactive ketones (excluding diaryl/α,β-unsaturated/α-hetero) is 1. The van der Waals surface area contributed by atoms with Crippen molar-refractivity contribution in [2.45, 2.75) is 12.8 Å². The molecule has 6 heteroatoms. The number of anilines is 2. The summed E-state index contributed by atoms with van der Waals surface area (Å²) < 4.78 is 27.8. The molecule has 2 aromatic rings. The predicted octanol–water partition coefficient (Wildman–Crippen LogP) is 2.64. The number of aryl methyl sites for hydroxylation is 1. The second-order valence-electron chi connectivity index (χ2n) is 5.07. The molecule has 0 amide bonds. The van der Waals surface area contributed by atoms with Crippen molar-refractivity contribution < 1.29 is 13.6 Å². The van der Waals surface area contributed by atoms with E-state index in [1.165, 1.54) is 0 Å². The molecule has 0 saturated heterocycles. The SMILES string of the molecule is Cc1cnc2c(c1)C(C(=O)c1c(F)ccc(N)c1F)CN2. The van der Waals surface area contributed by atoms with Crippen molar-refractivity contribution in [1.82, 2.24) is 4.98 Å². The Balaban J connectivity index is 2.07. The molecule has 2 heterocycles. The average Bonchev–Trinajstić information content (AvgIpc) is 2.86. The number of carbonyl (C=O) groups excluding carboxylic acids is 1. The van der Waals surface area contributed by atoms with Gasteiger partial charge in [0.15, 0.2) is 11.6 Å². The third-order valence-electron chi connectivity index (χ3n) is 3.59. The molecule has 4 nitrogen and oxygen atoms in total. The number of halogens is 2. The van der Waals surface area contributed by atoms with Crippen LogP contribution in [-0.4, -0.2) is 17.3 Å². The zero-order valence-electron chi connectivity index (χ0n) is 11.3. The maximum atomic E-state index is 14.0. The van der Waals surface area contributed by atoms with Crippen LogP contribution in [0.25, 0.3) is 0 Å². The second kappa shape index (κ2) is 4.80. The van der Waals surface area contributed by atoms with E-state index in [0.717, 1.165) is 17.7 Å². The summed E-state index contributed by atoms with van der Waals surface area (Å²) in [6.07, 6.45) is 1.67. The fourth-order valence-corrected chi connectivity index (χ4v) is 2.52. The Labute approximate surface area is 120 Å². The van der Waals surface area contributed by atoms with Crippen LogP contribution < -0.4 is 11.1 Å². The van der Waals surface area contributed by atoms with E-state index in [9.17, 15) is 13.6 Å². The van der Waals surface area contributed by atoms with E-state index in [1.807, 2.05) is 6.92 Å². The average molecular weight is 289 g/mol. The number of hydrogen-bond donors (Lipinski definition) is 2. The van der Waals surface area contributed by atoms with Crippen molar-refractivity contribution in [2.75, 3.05) is 17.6 Å². The number of ketones is 1. The number of nitrogens with two attached hydrogens (primary N) is 1. The van der Waals surface area contributed by atoms with Gasteiger partial charge in [0, 0.05) is 18.3 Å². The van der Waals surface area contributed by atoms with Crippen molar-refractivity contribution in [1.29, 1.82) is 0 Å². The van der Waals surface area contributed by atoms with Crippen LogP contribution in [0.5, 0.6) is 0 Å². The summed E-state index contributed by atoms with van der Waals surface area (Å²) in [6.45, 7) is 2.10. The van der Waals surface area contributed by atoms with Gasteiger partial charge in [0.1, 0.15) is 11.6 Å². The van der Waals surface area contributed by atoms with Crippen molar-refractivity contribution in [3.63, 3.8) is 0 Å². The Bertz CT molecular complexity index is 746. The van der Waals surface area contributed by atoms with Crippen LogP contribution >= 0.6 is 0 Å². The first-order chi connectivity index (χ1) is 9.99. The van der Waals surface area contributed by atoms with Gasteiger partial charge in [0.2, 0.25) is 0 Å². The summed E-state index contributed by atoms with van der Waals surface area (Å²) >= 11 is 0. The Kier molecular flexibility index (Phi) is 3.08. The molecule has 0 radical (unpaired) electrons. The van der Waals surface area contributed by atoms with Crippen LogP contribution in [0.15, 0.2) is 24.4 Å². The fraction of sp³-hybridized carbons (Fsp3) is 0.200. The molecule has 0 spiro atoms. The van der Waals surface area contributed by atoms with Gasteiger partial charge in [-0.1, -0.05) is 6.07 Å². The van der Waals surface area contributed by atoms with Crippen LogP contribution in [-0.2, 0) is 0 Å². The van der Waals surface area contributed by atoms with Gasteiger partial charge in [0.05, 0.1) is 17.2 Å². The third kappa shape index (κ3) is 2.12. The lowest BCUT2D eigenvalue weighted by Gasteiger charge is -2.12. The number of fused-ring (bicyclic) bond motifs is 1. The summed E-state index contributed by atoms with van der Waals surface area (Å²) in [5.41, 5.74) is 6.13. The molecular formula is C15H13F2N3O. The molecule has 0 saturated carbocycles. The van der Waals surface area contributed by atoms with Gasteiger partial charge >= 0.3 is 0 Å². The molecule has 1 aromatic carbocycles. The summed E-state index contributed by atoms with van der Waals surface area (Å²) in [7, 11) is 0. The Morgan fingerprint density at radius 2 is 2.19 bits per heavy atom. The number of nitrogen functional groups attached to an aromatic ring is 1. The van der Waals surface area contributed by atoms with Crippen molar-refractivity contribution in [3.8, 4) is 0 Å². The molecule has 108 valence electrons. The predicted molar refractivity (Wildman–Crippen MR) is 75.3 cm³/mol. The number of pyridine rings is 1. The zero-order valence-corrected chi connectivity index (χ0v) is 11.3. The van der Waals surface area contributed by atoms with Gasteiger partial charge < -0.3 is 11.1 Å². The quantitative estimate of drug-likeness (QED) is 0.659. The highest BCUT2D eigenvalue weighted by Crippen LogP contribution is 2.34. The summed E-state index contributed by atoms with van der Waals surface area (Å²) in [5.74, 6) is -2.63. The topological polar surface area (TPSA) is 68.0 Å². The van der Waals surface area contributed by atoms with Crippen molar-refractivity contribution >= 4 is 17.3 Å². The van der Waals surface area contributed by atoms with E-state index in [-0.39, 0.29) is 12.2 Å². The monoisotopic (exact) mass is 289 g/mol.